The summed E-state index contributed by atoms with van der Waals surface area (Å²) in [4.78, 5) is 2.03. The first kappa shape index (κ1) is 40.2. The Hall–Kier alpha value is -0.950. The number of alkyl halides is 3. The summed E-state index contributed by atoms with van der Waals surface area (Å²) in [7, 11) is 2.92. The SMILES string of the molecule is CC1CCC2[C@H](C)CC[C@H]3C(C)C(OCCCCCN(C)CC4=C(C(F)(F)F)OC5O[C@@H](C)CCC6C(C)CCC4C56C)OC(O1)[C@@]23O.CO. The lowest BCUT2D eigenvalue weighted by Crippen LogP contribution is -2.66. The van der Waals surface area contributed by atoms with Crippen LogP contribution in [0.5, 0.6) is 0 Å². The van der Waals surface area contributed by atoms with Crippen molar-refractivity contribution in [2.45, 2.75) is 155 Å². The third kappa shape index (κ3) is 7.67. The minimum atomic E-state index is -4.56. The summed E-state index contributed by atoms with van der Waals surface area (Å²) in [5.74, 6) is 0.412. The number of unbranched alkanes of at least 4 members (excludes halogenated alkanes) is 2. The number of halogens is 3. The van der Waals surface area contributed by atoms with Gasteiger partial charge in [-0.15, -0.1) is 0 Å². The van der Waals surface area contributed by atoms with Gasteiger partial charge in [0.15, 0.2) is 12.6 Å². The van der Waals surface area contributed by atoms with Gasteiger partial charge >= 0.3 is 6.18 Å². The maximum Gasteiger partial charge on any atom is 0.449 e. The molecule has 0 amide bonds. The van der Waals surface area contributed by atoms with Gasteiger partial charge in [0.05, 0.1) is 12.2 Å². The van der Waals surface area contributed by atoms with Crippen LogP contribution in [-0.2, 0) is 23.7 Å². The van der Waals surface area contributed by atoms with Crippen LogP contribution in [0, 0.1) is 46.8 Å². The van der Waals surface area contributed by atoms with Crippen molar-refractivity contribution in [1.82, 2.24) is 4.90 Å². The fourth-order valence-electron chi connectivity index (χ4n) is 11.0. The molecule has 2 saturated carbocycles. The number of allylic oxidation sites excluding steroid dienone is 1. The molecule has 4 heterocycles. The molecule has 290 valence electrons. The lowest BCUT2D eigenvalue weighted by atomic mass is 9.53. The van der Waals surface area contributed by atoms with Crippen molar-refractivity contribution >= 4 is 0 Å². The van der Waals surface area contributed by atoms with E-state index in [4.69, 9.17) is 28.8 Å². The van der Waals surface area contributed by atoms with Crippen molar-refractivity contribution in [3.63, 3.8) is 0 Å². The molecule has 4 aliphatic heterocycles. The predicted octanol–water partition coefficient (Wildman–Crippen LogP) is 7.66. The van der Waals surface area contributed by atoms with Crippen molar-refractivity contribution in [3.8, 4) is 0 Å². The zero-order valence-corrected chi connectivity index (χ0v) is 31.8. The van der Waals surface area contributed by atoms with Gasteiger partial charge in [-0.2, -0.15) is 13.2 Å². The van der Waals surface area contributed by atoms with Crippen LogP contribution in [0.4, 0.5) is 13.2 Å². The third-order valence-electron chi connectivity index (χ3n) is 13.7. The summed E-state index contributed by atoms with van der Waals surface area (Å²) in [6, 6.07) is 0. The van der Waals surface area contributed by atoms with E-state index in [1.54, 1.807) is 0 Å². The normalized spacial score (nSPS) is 44.6. The van der Waals surface area contributed by atoms with Crippen molar-refractivity contribution in [2.24, 2.45) is 46.8 Å². The molecule has 2 N–H and O–H groups in total. The molecule has 6 rings (SSSR count). The van der Waals surface area contributed by atoms with E-state index in [2.05, 4.69) is 34.6 Å². The molecule has 2 aliphatic carbocycles. The summed E-state index contributed by atoms with van der Waals surface area (Å²) in [6.45, 7) is 14.2. The number of ether oxygens (including phenoxy) is 5. The first-order valence-electron chi connectivity index (χ1n) is 19.6. The van der Waals surface area contributed by atoms with E-state index in [0.717, 1.165) is 77.7 Å². The summed E-state index contributed by atoms with van der Waals surface area (Å²) in [6.07, 6.45) is 3.35. The van der Waals surface area contributed by atoms with Gasteiger partial charge in [0.2, 0.25) is 12.0 Å². The molecule has 0 aromatic carbocycles. The first-order chi connectivity index (χ1) is 23.6. The minimum absolute atomic E-state index is 0.0308. The highest BCUT2D eigenvalue weighted by Gasteiger charge is 2.63. The van der Waals surface area contributed by atoms with Gasteiger partial charge in [0.1, 0.15) is 5.60 Å². The number of nitrogens with zero attached hydrogens (tertiary/aromatic N) is 1. The second kappa shape index (κ2) is 16.2. The Bertz CT molecular complexity index is 1160. The van der Waals surface area contributed by atoms with E-state index in [1.807, 2.05) is 18.9 Å². The average Bonchev–Trinajstić information content (AvgIpc) is 3.27. The molecule has 10 unspecified atom stereocenters. The lowest BCUT2D eigenvalue weighted by Gasteiger charge is -2.57. The molecule has 8 nitrogen and oxygen atoms in total. The van der Waals surface area contributed by atoms with Crippen LogP contribution in [0.15, 0.2) is 11.3 Å². The summed E-state index contributed by atoms with van der Waals surface area (Å²) in [5.41, 5.74) is -1.05. The van der Waals surface area contributed by atoms with Gasteiger partial charge in [-0.3, -0.25) is 0 Å². The maximum absolute atomic E-state index is 14.5. The Morgan fingerprint density at radius 1 is 0.780 bits per heavy atom. The van der Waals surface area contributed by atoms with Crippen molar-refractivity contribution in [2.75, 3.05) is 33.9 Å². The largest absolute Gasteiger partial charge is 0.459 e. The van der Waals surface area contributed by atoms with Crippen LogP contribution in [0.3, 0.4) is 0 Å². The van der Waals surface area contributed by atoms with Gasteiger partial charge in [-0.1, -0.05) is 27.7 Å². The zero-order valence-electron chi connectivity index (χ0n) is 31.8. The minimum Gasteiger partial charge on any atom is -0.459 e. The first-order valence-corrected chi connectivity index (χ1v) is 19.6. The van der Waals surface area contributed by atoms with E-state index in [1.165, 1.54) is 0 Å². The Morgan fingerprint density at radius 2 is 1.38 bits per heavy atom. The van der Waals surface area contributed by atoms with Gasteiger partial charge in [0.25, 0.3) is 0 Å². The number of hydrogen-bond acceptors (Lipinski definition) is 8. The molecule has 5 fully saturated rings. The number of hydrogen-bond donors (Lipinski definition) is 2. The number of aliphatic hydroxyl groups is 2. The van der Waals surface area contributed by atoms with E-state index < -0.39 is 41.8 Å². The Kier molecular flexibility index (Phi) is 13.0. The fourth-order valence-corrected chi connectivity index (χ4v) is 11.0. The second-order valence-corrected chi connectivity index (χ2v) is 16.9. The standard InChI is InChI=1S/C38H62F3NO6.CH4O/c1-22-12-16-31-27(32(38(39,40)41)47-34-36(31,6)28(22)17-13-24(3)45-34)21-42(7)19-9-8-10-20-44-33-26(5)30-15-11-23(2)29-18-14-25(4)46-35(48-33)37(29,30)43;1-2/h22-26,28-31,33-35,43H,8-21H2,1-7H3;2H,1H3/t22?,23-,24+,25?,26?,28?,29?,30+,31?,33?,34?,35?,36?,37-;/m1./s1. The molecule has 0 aromatic rings. The molecular weight excluding hydrogens is 651 g/mol. The molecule has 6 aliphatic rings. The summed E-state index contributed by atoms with van der Waals surface area (Å²) < 4.78 is 74.6. The molecule has 0 aromatic heterocycles. The Balaban J connectivity index is 0.00000239. The van der Waals surface area contributed by atoms with Crippen LogP contribution in [-0.4, -0.2) is 91.8 Å². The number of aliphatic hydroxyl groups excluding tert-OH is 1. The molecule has 0 radical (unpaired) electrons. The van der Waals surface area contributed by atoms with E-state index in [0.29, 0.717) is 30.6 Å². The van der Waals surface area contributed by atoms with Crippen LogP contribution < -0.4 is 0 Å². The number of rotatable bonds is 9. The van der Waals surface area contributed by atoms with Crippen LogP contribution in [0.1, 0.15) is 112 Å². The van der Waals surface area contributed by atoms with Crippen molar-refractivity contribution < 1.29 is 47.1 Å². The van der Waals surface area contributed by atoms with Crippen molar-refractivity contribution in [1.29, 1.82) is 0 Å². The molecule has 50 heavy (non-hydrogen) atoms. The van der Waals surface area contributed by atoms with Crippen LogP contribution in [0.2, 0.25) is 0 Å². The molecular formula is C39H66F3NO7. The van der Waals surface area contributed by atoms with Gasteiger partial charge in [0, 0.05) is 37.5 Å². The van der Waals surface area contributed by atoms with Crippen LogP contribution >= 0.6 is 0 Å². The van der Waals surface area contributed by atoms with E-state index in [-0.39, 0.29) is 48.3 Å². The Labute approximate surface area is 298 Å². The predicted molar refractivity (Wildman–Crippen MR) is 185 cm³/mol. The topological polar surface area (TPSA) is 89.9 Å². The van der Waals surface area contributed by atoms with Crippen molar-refractivity contribution in [3.05, 3.63) is 11.3 Å². The highest BCUT2D eigenvalue weighted by molar-refractivity contribution is 5.26. The number of likely N-dealkylation sites (N-methyl/N-ethyl adjacent to an activating group) is 1. The highest BCUT2D eigenvalue weighted by Crippen LogP contribution is 2.61. The molecule has 0 bridgehead atoms. The molecule has 0 spiro atoms. The quantitative estimate of drug-likeness (QED) is 0.235. The third-order valence-corrected chi connectivity index (χ3v) is 13.7. The van der Waals surface area contributed by atoms with Gasteiger partial charge in [-0.25, -0.2) is 0 Å². The van der Waals surface area contributed by atoms with Gasteiger partial charge in [-0.05, 0) is 133 Å². The summed E-state index contributed by atoms with van der Waals surface area (Å²) >= 11 is 0. The highest BCUT2D eigenvalue weighted by atomic mass is 19.4. The summed E-state index contributed by atoms with van der Waals surface area (Å²) in [5, 5.41) is 19.1. The van der Waals surface area contributed by atoms with Gasteiger partial charge < -0.3 is 38.8 Å². The van der Waals surface area contributed by atoms with E-state index in [9.17, 15) is 18.3 Å². The average molecular weight is 718 g/mol. The monoisotopic (exact) mass is 717 g/mol. The fraction of sp³-hybridized carbons (Fsp3) is 0.949. The van der Waals surface area contributed by atoms with Crippen LogP contribution in [0.25, 0.3) is 0 Å². The smallest absolute Gasteiger partial charge is 0.449 e. The maximum atomic E-state index is 14.5. The lowest BCUT2D eigenvalue weighted by molar-refractivity contribution is -0.382. The second-order valence-electron chi connectivity index (χ2n) is 16.9. The molecule has 3 saturated heterocycles. The van der Waals surface area contributed by atoms with E-state index >= 15 is 0 Å². The zero-order chi connectivity index (χ0) is 36.6. The molecule has 14 atom stereocenters. The molecule has 11 heteroatoms. The Morgan fingerprint density at radius 3 is 2.06 bits per heavy atom.